The number of hydrogen-bond donors (Lipinski definition) is 2. The lowest BCUT2D eigenvalue weighted by molar-refractivity contribution is 0.181. The predicted molar refractivity (Wildman–Crippen MR) is 92.0 cm³/mol. The van der Waals surface area contributed by atoms with Gasteiger partial charge in [0.1, 0.15) is 17.9 Å². The average Bonchev–Trinajstić information content (AvgIpc) is 3.30. The van der Waals surface area contributed by atoms with Gasteiger partial charge in [-0.1, -0.05) is 0 Å². The molecule has 3 rings (SSSR count). The van der Waals surface area contributed by atoms with Crippen molar-refractivity contribution < 1.29 is 13.9 Å². The first-order valence-corrected chi connectivity index (χ1v) is 8.38. The highest BCUT2D eigenvalue weighted by Crippen LogP contribution is 2.24. The second-order valence-corrected chi connectivity index (χ2v) is 5.94. The van der Waals surface area contributed by atoms with Crippen molar-refractivity contribution in [2.24, 2.45) is 0 Å². The van der Waals surface area contributed by atoms with Gasteiger partial charge in [0, 0.05) is 19.7 Å². The summed E-state index contributed by atoms with van der Waals surface area (Å²) in [7, 11) is 1.59. The molecule has 2 N–H and O–H groups in total. The van der Waals surface area contributed by atoms with Gasteiger partial charge in [0.2, 0.25) is 0 Å². The van der Waals surface area contributed by atoms with Gasteiger partial charge in [-0.05, 0) is 38.1 Å². The van der Waals surface area contributed by atoms with Crippen LogP contribution < -0.4 is 10.6 Å². The minimum atomic E-state index is -0.308. The van der Waals surface area contributed by atoms with Crippen molar-refractivity contribution in [2.75, 3.05) is 32.1 Å². The number of furan rings is 1. The van der Waals surface area contributed by atoms with Crippen LogP contribution in [0.3, 0.4) is 0 Å². The Morgan fingerprint density at radius 3 is 2.96 bits per heavy atom. The first-order valence-electron chi connectivity index (χ1n) is 8.38. The molecule has 1 fully saturated rings. The molecule has 1 atom stereocenters. The summed E-state index contributed by atoms with van der Waals surface area (Å²) in [6, 6.07) is 5.24. The SMILES string of the molecule is COCc1cc(NC(=O)NCC(c2ccco2)N2CCCC2)ncn1. The lowest BCUT2D eigenvalue weighted by Gasteiger charge is -2.25. The topological polar surface area (TPSA) is 92.5 Å². The second kappa shape index (κ2) is 8.59. The van der Waals surface area contributed by atoms with Crippen LogP contribution in [0.4, 0.5) is 10.6 Å². The van der Waals surface area contributed by atoms with Gasteiger partial charge >= 0.3 is 6.03 Å². The Kier molecular flexibility index (Phi) is 5.97. The van der Waals surface area contributed by atoms with Crippen molar-refractivity contribution >= 4 is 11.8 Å². The molecule has 0 spiro atoms. The van der Waals surface area contributed by atoms with E-state index < -0.39 is 0 Å². The molecule has 2 aromatic rings. The summed E-state index contributed by atoms with van der Waals surface area (Å²) in [5.74, 6) is 1.31. The van der Waals surface area contributed by atoms with Crippen molar-refractivity contribution in [3.8, 4) is 0 Å². The number of hydrogen-bond acceptors (Lipinski definition) is 6. The van der Waals surface area contributed by atoms with Crippen LogP contribution in [0.2, 0.25) is 0 Å². The highest BCUT2D eigenvalue weighted by Gasteiger charge is 2.25. The number of amides is 2. The fourth-order valence-corrected chi connectivity index (χ4v) is 2.99. The second-order valence-electron chi connectivity index (χ2n) is 5.94. The maximum absolute atomic E-state index is 12.2. The van der Waals surface area contributed by atoms with Crippen LogP contribution in [-0.4, -0.2) is 47.6 Å². The lowest BCUT2D eigenvalue weighted by atomic mass is 10.2. The molecule has 1 aliphatic rings. The number of nitrogens with zero attached hydrogens (tertiary/aromatic N) is 3. The van der Waals surface area contributed by atoms with E-state index >= 15 is 0 Å². The summed E-state index contributed by atoms with van der Waals surface area (Å²) in [5.41, 5.74) is 0.707. The van der Waals surface area contributed by atoms with Gasteiger partial charge in [0.25, 0.3) is 0 Å². The Bertz CT molecular complexity index is 671. The number of aromatic nitrogens is 2. The zero-order valence-corrected chi connectivity index (χ0v) is 14.3. The molecule has 1 unspecified atom stereocenters. The molecule has 1 aliphatic heterocycles. The van der Waals surface area contributed by atoms with Gasteiger partial charge in [-0.2, -0.15) is 0 Å². The molecule has 0 saturated carbocycles. The number of anilines is 1. The van der Waals surface area contributed by atoms with E-state index in [9.17, 15) is 4.79 Å². The number of nitrogens with one attached hydrogen (secondary N) is 2. The van der Waals surface area contributed by atoms with Crippen LogP contribution in [0.5, 0.6) is 0 Å². The van der Waals surface area contributed by atoms with E-state index in [1.165, 1.54) is 19.2 Å². The van der Waals surface area contributed by atoms with Gasteiger partial charge in [0.15, 0.2) is 0 Å². The van der Waals surface area contributed by atoms with Gasteiger partial charge in [-0.25, -0.2) is 14.8 Å². The number of urea groups is 1. The first kappa shape index (κ1) is 17.4. The molecule has 8 heteroatoms. The molecule has 2 aromatic heterocycles. The van der Waals surface area contributed by atoms with Crippen molar-refractivity contribution in [3.05, 3.63) is 42.2 Å². The van der Waals surface area contributed by atoms with E-state index in [4.69, 9.17) is 9.15 Å². The molecular formula is C17H23N5O3. The Balaban J connectivity index is 1.57. The van der Waals surface area contributed by atoms with E-state index in [-0.39, 0.29) is 12.1 Å². The third-order valence-electron chi connectivity index (χ3n) is 4.17. The van der Waals surface area contributed by atoms with Gasteiger partial charge in [0.05, 0.1) is 24.6 Å². The summed E-state index contributed by atoms with van der Waals surface area (Å²) >= 11 is 0. The highest BCUT2D eigenvalue weighted by molar-refractivity contribution is 5.88. The van der Waals surface area contributed by atoms with E-state index in [2.05, 4.69) is 25.5 Å². The summed E-state index contributed by atoms with van der Waals surface area (Å²) < 4.78 is 10.6. The molecule has 8 nitrogen and oxygen atoms in total. The third kappa shape index (κ3) is 4.77. The summed E-state index contributed by atoms with van der Waals surface area (Å²) in [6.07, 6.45) is 5.41. The lowest BCUT2D eigenvalue weighted by Crippen LogP contribution is -2.38. The largest absolute Gasteiger partial charge is 0.468 e. The molecule has 1 saturated heterocycles. The Morgan fingerprint density at radius 1 is 1.40 bits per heavy atom. The fraction of sp³-hybridized carbons (Fsp3) is 0.471. The molecule has 0 radical (unpaired) electrons. The Morgan fingerprint density at radius 2 is 2.24 bits per heavy atom. The minimum Gasteiger partial charge on any atom is -0.468 e. The van der Waals surface area contributed by atoms with Crippen LogP contribution >= 0.6 is 0 Å². The number of methoxy groups -OCH3 is 1. The van der Waals surface area contributed by atoms with Gasteiger partial charge < -0.3 is 14.5 Å². The third-order valence-corrected chi connectivity index (χ3v) is 4.17. The Hall–Kier alpha value is -2.45. The van der Waals surface area contributed by atoms with Crippen LogP contribution in [0.25, 0.3) is 0 Å². The van der Waals surface area contributed by atoms with Gasteiger partial charge in [-0.3, -0.25) is 10.2 Å². The normalized spacial score (nSPS) is 15.9. The van der Waals surface area contributed by atoms with Crippen LogP contribution in [-0.2, 0) is 11.3 Å². The number of carbonyl (C=O) groups excluding carboxylic acids is 1. The van der Waals surface area contributed by atoms with Crippen LogP contribution in [0.15, 0.2) is 35.2 Å². The van der Waals surface area contributed by atoms with Crippen LogP contribution in [0, 0.1) is 0 Å². The van der Waals surface area contributed by atoms with E-state index in [1.807, 2.05) is 12.1 Å². The zero-order valence-electron chi connectivity index (χ0n) is 14.3. The molecule has 25 heavy (non-hydrogen) atoms. The summed E-state index contributed by atoms with van der Waals surface area (Å²) in [4.78, 5) is 22.7. The van der Waals surface area contributed by atoms with E-state index in [0.29, 0.717) is 24.7 Å². The molecule has 134 valence electrons. The van der Waals surface area contributed by atoms with E-state index in [0.717, 1.165) is 18.8 Å². The van der Waals surface area contributed by atoms with Crippen molar-refractivity contribution in [1.82, 2.24) is 20.2 Å². The van der Waals surface area contributed by atoms with Crippen LogP contribution in [0.1, 0.15) is 30.3 Å². The summed E-state index contributed by atoms with van der Waals surface area (Å²) in [6.45, 7) is 2.87. The fourth-order valence-electron chi connectivity index (χ4n) is 2.99. The zero-order chi connectivity index (χ0) is 17.5. The standard InChI is InChI=1S/C17H23N5O3/c1-24-11-13-9-16(20-12-19-13)21-17(23)18-10-14(15-5-4-8-25-15)22-6-2-3-7-22/h4-5,8-9,12,14H,2-3,6-7,10-11H2,1H3,(H2,18,19,20,21,23). The first-order chi connectivity index (χ1) is 12.3. The average molecular weight is 345 g/mol. The van der Waals surface area contributed by atoms with E-state index in [1.54, 1.807) is 19.4 Å². The van der Waals surface area contributed by atoms with Crippen molar-refractivity contribution in [3.63, 3.8) is 0 Å². The molecule has 3 heterocycles. The maximum Gasteiger partial charge on any atom is 0.320 e. The van der Waals surface area contributed by atoms with Crippen molar-refractivity contribution in [1.29, 1.82) is 0 Å². The van der Waals surface area contributed by atoms with Gasteiger partial charge in [-0.15, -0.1) is 0 Å². The quantitative estimate of drug-likeness (QED) is 0.799. The number of ether oxygens (including phenoxy) is 1. The number of carbonyl (C=O) groups is 1. The molecule has 0 aliphatic carbocycles. The minimum absolute atomic E-state index is 0.0395. The summed E-state index contributed by atoms with van der Waals surface area (Å²) in [5, 5.41) is 5.63. The molecule has 0 aromatic carbocycles. The molecule has 2 amide bonds. The molecular weight excluding hydrogens is 322 g/mol. The number of rotatable bonds is 7. The number of likely N-dealkylation sites (tertiary alicyclic amines) is 1. The Labute approximate surface area is 146 Å². The highest BCUT2D eigenvalue weighted by atomic mass is 16.5. The monoisotopic (exact) mass is 345 g/mol. The van der Waals surface area contributed by atoms with Crippen molar-refractivity contribution in [2.45, 2.75) is 25.5 Å². The maximum atomic E-state index is 12.2. The molecule has 0 bridgehead atoms. The smallest absolute Gasteiger partial charge is 0.320 e. The predicted octanol–water partition coefficient (Wildman–Crippen LogP) is 2.17.